The average Bonchev–Trinajstić information content (AvgIpc) is 2.48. The molecule has 1 aromatic rings. The molecule has 6 heteroatoms. The maximum atomic E-state index is 11.9. The molecule has 1 aromatic carbocycles. The number of nitrogens with zero attached hydrogens (tertiary/aromatic N) is 1. The van der Waals surface area contributed by atoms with Crippen molar-refractivity contribution in [3.63, 3.8) is 0 Å². The second kappa shape index (κ2) is 8.18. The molecule has 0 spiro atoms. The van der Waals surface area contributed by atoms with E-state index in [0.29, 0.717) is 17.0 Å². The molecular weight excluding hydrogens is 292 g/mol. The summed E-state index contributed by atoms with van der Waals surface area (Å²) < 4.78 is 0. The number of amides is 1. The number of Topliss-reactive ketones (excluding diaryl/α,β-unsaturated/α-hetero) is 2. The van der Waals surface area contributed by atoms with Crippen LogP contribution in [0.25, 0.3) is 0 Å². The van der Waals surface area contributed by atoms with E-state index in [-0.39, 0.29) is 18.6 Å². The van der Waals surface area contributed by atoms with Gasteiger partial charge in [-0.15, -0.1) is 0 Å². The molecule has 0 aliphatic heterocycles. The lowest BCUT2D eigenvalue weighted by Gasteiger charge is -2.06. The van der Waals surface area contributed by atoms with Crippen molar-refractivity contribution in [2.45, 2.75) is 19.3 Å². The molecule has 110 valence electrons. The fourth-order valence-corrected chi connectivity index (χ4v) is 1.89. The van der Waals surface area contributed by atoms with Gasteiger partial charge in [-0.2, -0.15) is 5.26 Å². The molecule has 0 aliphatic rings. The van der Waals surface area contributed by atoms with E-state index in [2.05, 4.69) is 5.32 Å². The molecule has 0 heterocycles. The van der Waals surface area contributed by atoms with Crippen molar-refractivity contribution in [2.24, 2.45) is 5.92 Å². The van der Waals surface area contributed by atoms with E-state index in [1.54, 1.807) is 30.3 Å². The summed E-state index contributed by atoms with van der Waals surface area (Å²) in [6, 6.07) is 8.15. The van der Waals surface area contributed by atoms with Crippen LogP contribution in [0.15, 0.2) is 24.3 Å². The fraction of sp³-hybridized carbons (Fsp3) is 0.333. The highest BCUT2D eigenvalue weighted by molar-refractivity contribution is 6.30. The highest BCUT2D eigenvalue weighted by atomic mass is 35.5. The quantitative estimate of drug-likeness (QED) is 0.617. The van der Waals surface area contributed by atoms with Crippen molar-refractivity contribution < 1.29 is 14.4 Å². The Balaban J connectivity index is 2.48. The Hall–Kier alpha value is -2.19. The second-order valence-electron chi connectivity index (χ2n) is 4.43. The van der Waals surface area contributed by atoms with E-state index in [0.717, 1.165) is 0 Å². The molecule has 1 amide bonds. The van der Waals surface area contributed by atoms with E-state index in [1.165, 1.54) is 7.05 Å². The lowest BCUT2D eigenvalue weighted by atomic mass is 9.98. The average molecular weight is 307 g/mol. The van der Waals surface area contributed by atoms with E-state index in [4.69, 9.17) is 16.9 Å². The van der Waals surface area contributed by atoms with Crippen molar-refractivity contribution >= 4 is 29.1 Å². The van der Waals surface area contributed by atoms with Gasteiger partial charge < -0.3 is 5.32 Å². The van der Waals surface area contributed by atoms with E-state index >= 15 is 0 Å². The summed E-state index contributed by atoms with van der Waals surface area (Å²) in [5, 5.41) is 11.6. The SMILES string of the molecule is CNC(=O)C(C#N)C(=O)CCCC(=O)c1ccc(Cl)cc1. The predicted molar refractivity (Wildman–Crippen MR) is 77.8 cm³/mol. The number of carbonyl (C=O) groups excluding carboxylic acids is 3. The van der Waals surface area contributed by atoms with E-state index < -0.39 is 17.6 Å². The lowest BCUT2D eigenvalue weighted by molar-refractivity contribution is -0.131. The minimum atomic E-state index is -1.30. The van der Waals surface area contributed by atoms with Crippen LogP contribution in [0, 0.1) is 17.2 Å². The number of rotatable bonds is 7. The third-order valence-corrected chi connectivity index (χ3v) is 3.20. The highest BCUT2D eigenvalue weighted by Crippen LogP contribution is 2.13. The van der Waals surface area contributed by atoms with Gasteiger partial charge in [0.15, 0.2) is 17.5 Å². The van der Waals surface area contributed by atoms with Crippen molar-refractivity contribution in [1.29, 1.82) is 5.26 Å². The molecule has 0 saturated heterocycles. The first-order valence-corrected chi connectivity index (χ1v) is 6.80. The van der Waals surface area contributed by atoms with E-state index in [1.807, 2.05) is 0 Å². The Labute approximate surface area is 127 Å². The number of nitrogens with one attached hydrogen (secondary N) is 1. The zero-order chi connectivity index (χ0) is 15.8. The van der Waals surface area contributed by atoms with Crippen LogP contribution < -0.4 is 5.32 Å². The van der Waals surface area contributed by atoms with Crippen LogP contribution >= 0.6 is 11.6 Å². The summed E-state index contributed by atoms with van der Waals surface area (Å²) in [6.45, 7) is 0. The number of hydrogen-bond acceptors (Lipinski definition) is 4. The van der Waals surface area contributed by atoms with Crippen molar-refractivity contribution in [1.82, 2.24) is 5.32 Å². The number of halogens is 1. The monoisotopic (exact) mass is 306 g/mol. The zero-order valence-electron chi connectivity index (χ0n) is 11.6. The number of carbonyl (C=O) groups is 3. The molecule has 0 radical (unpaired) electrons. The van der Waals surface area contributed by atoms with Gasteiger partial charge in [0.1, 0.15) is 0 Å². The van der Waals surface area contributed by atoms with Crippen molar-refractivity contribution in [3.05, 3.63) is 34.9 Å². The van der Waals surface area contributed by atoms with Gasteiger partial charge in [0, 0.05) is 30.5 Å². The highest BCUT2D eigenvalue weighted by Gasteiger charge is 2.24. The first-order valence-electron chi connectivity index (χ1n) is 6.42. The molecule has 5 nitrogen and oxygen atoms in total. The minimum absolute atomic E-state index is 0.0188. The standard InChI is InChI=1S/C15H15ClN2O3/c1-18-15(21)12(9-17)14(20)4-2-3-13(19)10-5-7-11(16)8-6-10/h5-8,12H,2-4H2,1H3,(H,18,21). The van der Waals surface area contributed by atoms with Crippen LogP contribution in [0.2, 0.25) is 5.02 Å². The van der Waals surface area contributed by atoms with Gasteiger partial charge in [-0.1, -0.05) is 11.6 Å². The van der Waals surface area contributed by atoms with Crippen molar-refractivity contribution in [3.8, 4) is 6.07 Å². The topological polar surface area (TPSA) is 87.0 Å². The van der Waals surface area contributed by atoms with Gasteiger partial charge in [-0.25, -0.2) is 0 Å². The Kier molecular flexibility index (Phi) is 6.57. The molecule has 0 aromatic heterocycles. The second-order valence-corrected chi connectivity index (χ2v) is 4.86. The van der Waals surface area contributed by atoms with Crippen LogP contribution in [-0.4, -0.2) is 24.5 Å². The van der Waals surface area contributed by atoms with E-state index in [9.17, 15) is 14.4 Å². The first kappa shape index (κ1) is 16.9. The molecule has 1 N–H and O–H groups in total. The summed E-state index contributed by atoms with van der Waals surface area (Å²) in [6.07, 6.45) is 0.500. The minimum Gasteiger partial charge on any atom is -0.358 e. The Morgan fingerprint density at radius 3 is 2.38 bits per heavy atom. The normalized spacial score (nSPS) is 11.3. The largest absolute Gasteiger partial charge is 0.358 e. The smallest absolute Gasteiger partial charge is 0.244 e. The number of hydrogen-bond donors (Lipinski definition) is 1. The molecule has 0 bridgehead atoms. The summed E-state index contributed by atoms with van der Waals surface area (Å²) in [4.78, 5) is 34.9. The van der Waals surface area contributed by atoms with Gasteiger partial charge in [-0.05, 0) is 30.7 Å². The summed E-state index contributed by atoms with van der Waals surface area (Å²) in [5.74, 6) is -2.50. The molecule has 0 fully saturated rings. The fourth-order valence-electron chi connectivity index (χ4n) is 1.77. The summed E-state index contributed by atoms with van der Waals surface area (Å²) in [7, 11) is 1.37. The Morgan fingerprint density at radius 1 is 1.24 bits per heavy atom. The molecule has 1 atom stereocenters. The maximum Gasteiger partial charge on any atom is 0.244 e. The maximum absolute atomic E-state index is 11.9. The predicted octanol–water partition coefficient (Wildman–Crippen LogP) is 2.15. The van der Waals surface area contributed by atoms with Gasteiger partial charge in [0.05, 0.1) is 6.07 Å². The van der Waals surface area contributed by atoms with Gasteiger partial charge >= 0.3 is 0 Å². The van der Waals surface area contributed by atoms with Crippen LogP contribution in [0.4, 0.5) is 0 Å². The summed E-state index contributed by atoms with van der Waals surface area (Å²) >= 11 is 5.73. The van der Waals surface area contributed by atoms with Crippen LogP contribution in [0.3, 0.4) is 0 Å². The van der Waals surface area contributed by atoms with Crippen LogP contribution in [-0.2, 0) is 9.59 Å². The molecule has 1 unspecified atom stereocenters. The van der Waals surface area contributed by atoms with Crippen molar-refractivity contribution in [2.75, 3.05) is 7.05 Å². The van der Waals surface area contributed by atoms with Crippen LogP contribution in [0.5, 0.6) is 0 Å². The first-order chi connectivity index (χ1) is 9.99. The molecule has 0 aliphatic carbocycles. The third-order valence-electron chi connectivity index (χ3n) is 2.95. The molecular formula is C15H15ClN2O3. The molecule has 0 saturated carbocycles. The molecule has 1 rings (SSSR count). The number of ketones is 2. The zero-order valence-corrected chi connectivity index (χ0v) is 12.3. The van der Waals surface area contributed by atoms with Crippen LogP contribution in [0.1, 0.15) is 29.6 Å². The third kappa shape index (κ3) is 5.01. The Morgan fingerprint density at radius 2 is 1.86 bits per heavy atom. The number of nitriles is 1. The van der Waals surface area contributed by atoms with Gasteiger partial charge in [-0.3, -0.25) is 14.4 Å². The number of benzene rings is 1. The van der Waals surface area contributed by atoms with Gasteiger partial charge in [0.25, 0.3) is 0 Å². The van der Waals surface area contributed by atoms with Gasteiger partial charge in [0.2, 0.25) is 5.91 Å². The summed E-state index contributed by atoms with van der Waals surface area (Å²) in [5.41, 5.74) is 0.523. The molecule has 21 heavy (non-hydrogen) atoms. The lowest BCUT2D eigenvalue weighted by Crippen LogP contribution is -2.32. The Bertz CT molecular complexity index is 576.